The lowest BCUT2D eigenvalue weighted by molar-refractivity contribution is 0.279. The van der Waals surface area contributed by atoms with Gasteiger partial charge in [-0.05, 0) is 17.7 Å². The number of imidazole rings is 1. The Hall–Kier alpha value is -0.780. The molecule has 1 aromatic carbocycles. The van der Waals surface area contributed by atoms with Crippen LogP contribution in [-0.2, 0) is 13.7 Å². The van der Waals surface area contributed by atoms with Crippen LogP contribution in [0.5, 0.6) is 0 Å². The Morgan fingerprint density at radius 3 is 2.94 bits per heavy atom. The van der Waals surface area contributed by atoms with Crippen LogP contribution in [0.2, 0.25) is 0 Å². The summed E-state index contributed by atoms with van der Waals surface area (Å²) in [4.78, 5) is 5.26. The molecule has 2 rings (SSSR count). The second kappa shape index (κ2) is 5.03. The van der Waals surface area contributed by atoms with Gasteiger partial charge in [0.1, 0.15) is 0 Å². The Morgan fingerprint density at radius 2 is 2.31 bits per heavy atom. The van der Waals surface area contributed by atoms with Gasteiger partial charge in [0, 0.05) is 28.8 Å². The molecular weight excluding hydrogens is 288 g/mol. The summed E-state index contributed by atoms with van der Waals surface area (Å²) >= 11 is 4.97. The van der Waals surface area contributed by atoms with Crippen molar-refractivity contribution in [3.8, 4) is 0 Å². The molecule has 0 amide bonds. The van der Waals surface area contributed by atoms with Crippen molar-refractivity contribution in [2.45, 2.75) is 16.7 Å². The van der Waals surface area contributed by atoms with Gasteiger partial charge in [-0.3, -0.25) is 0 Å². The SMILES string of the molecule is Cn1ccnc1Sc1cc(Br)ccc1CO. The average Bonchev–Trinajstić information content (AvgIpc) is 2.65. The zero-order valence-electron chi connectivity index (χ0n) is 8.72. The molecular formula is C11H11BrN2OS. The van der Waals surface area contributed by atoms with Crippen molar-refractivity contribution in [1.29, 1.82) is 0 Å². The normalized spacial score (nSPS) is 10.7. The van der Waals surface area contributed by atoms with E-state index in [-0.39, 0.29) is 6.61 Å². The number of benzene rings is 1. The molecule has 1 heterocycles. The third-order valence-corrected chi connectivity index (χ3v) is 3.85. The first-order valence-corrected chi connectivity index (χ1v) is 6.36. The van der Waals surface area contributed by atoms with Crippen LogP contribution < -0.4 is 0 Å². The standard InChI is InChI=1S/C11H11BrN2OS/c1-14-5-4-13-11(14)16-10-6-9(12)3-2-8(10)7-15/h2-6,15H,7H2,1H3. The van der Waals surface area contributed by atoms with Gasteiger partial charge in [-0.1, -0.05) is 33.8 Å². The minimum absolute atomic E-state index is 0.0417. The summed E-state index contributed by atoms with van der Waals surface area (Å²) in [5.41, 5.74) is 0.913. The highest BCUT2D eigenvalue weighted by Gasteiger charge is 2.07. The van der Waals surface area contributed by atoms with E-state index in [1.54, 1.807) is 18.0 Å². The second-order valence-electron chi connectivity index (χ2n) is 3.33. The molecule has 0 unspecified atom stereocenters. The summed E-state index contributed by atoms with van der Waals surface area (Å²) in [6.45, 7) is 0.0417. The molecule has 0 radical (unpaired) electrons. The third kappa shape index (κ3) is 2.48. The number of hydrogen-bond donors (Lipinski definition) is 1. The highest BCUT2D eigenvalue weighted by Crippen LogP contribution is 2.31. The third-order valence-electron chi connectivity index (χ3n) is 2.18. The van der Waals surface area contributed by atoms with Crippen molar-refractivity contribution in [2.24, 2.45) is 7.05 Å². The molecule has 1 N–H and O–H groups in total. The Labute approximate surface area is 107 Å². The summed E-state index contributed by atoms with van der Waals surface area (Å²) in [5, 5.41) is 10.2. The van der Waals surface area contributed by atoms with Crippen molar-refractivity contribution in [3.05, 3.63) is 40.6 Å². The predicted molar refractivity (Wildman–Crippen MR) is 67.4 cm³/mol. The van der Waals surface area contributed by atoms with Crippen LogP contribution in [0, 0.1) is 0 Å². The topological polar surface area (TPSA) is 38.0 Å². The fourth-order valence-electron chi connectivity index (χ4n) is 1.30. The van der Waals surface area contributed by atoms with Gasteiger partial charge >= 0.3 is 0 Å². The monoisotopic (exact) mass is 298 g/mol. The van der Waals surface area contributed by atoms with Gasteiger partial charge in [0.15, 0.2) is 5.16 Å². The van der Waals surface area contributed by atoms with Crippen molar-refractivity contribution >= 4 is 27.7 Å². The molecule has 0 aliphatic heterocycles. The van der Waals surface area contributed by atoms with Crippen LogP contribution >= 0.6 is 27.7 Å². The zero-order valence-corrected chi connectivity index (χ0v) is 11.1. The van der Waals surface area contributed by atoms with Crippen LogP contribution in [0.3, 0.4) is 0 Å². The van der Waals surface area contributed by atoms with Crippen LogP contribution in [-0.4, -0.2) is 14.7 Å². The molecule has 16 heavy (non-hydrogen) atoms. The Kier molecular flexibility index (Phi) is 3.68. The fourth-order valence-corrected chi connectivity index (χ4v) is 2.78. The highest BCUT2D eigenvalue weighted by molar-refractivity contribution is 9.10. The molecule has 3 nitrogen and oxygen atoms in total. The lowest BCUT2D eigenvalue weighted by Crippen LogP contribution is -1.92. The summed E-state index contributed by atoms with van der Waals surface area (Å²) in [7, 11) is 1.95. The number of nitrogens with zero attached hydrogens (tertiary/aromatic N) is 2. The summed E-state index contributed by atoms with van der Waals surface area (Å²) in [6, 6.07) is 5.83. The van der Waals surface area contributed by atoms with Gasteiger partial charge in [-0.15, -0.1) is 0 Å². The fraction of sp³-hybridized carbons (Fsp3) is 0.182. The Balaban J connectivity index is 2.33. The van der Waals surface area contributed by atoms with Crippen molar-refractivity contribution < 1.29 is 5.11 Å². The lowest BCUT2D eigenvalue weighted by atomic mass is 10.2. The molecule has 0 aliphatic carbocycles. The number of aliphatic hydroxyl groups excluding tert-OH is 1. The van der Waals surface area contributed by atoms with Crippen molar-refractivity contribution in [2.75, 3.05) is 0 Å². The number of halogens is 1. The molecule has 0 saturated carbocycles. The number of aryl methyl sites for hydroxylation is 1. The molecule has 1 aromatic heterocycles. The minimum atomic E-state index is 0.0417. The maximum Gasteiger partial charge on any atom is 0.172 e. The first-order chi connectivity index (χ1) is 7.70. The van der Waals surface area contributed by atoms with Crippen molar-refractivity contribution in [3.63, 3.8) is 0 Å². The van der Waals surface area contributed by atoms with E-state index in [2.05, 4.69) is 20.9 Å². The number of aromatic nitrogens is 2. The molecule has 0 saturated heterocycles. The van der Waals surface area contributed by atoms with E-state index in [0.717, 1.165) is 20.1 Å². The van der Waals surface area contributed by atoms with Gasteiger partial charge in [-0.2, -0.15) is 0 Å². The van der Waals surface area contributed by atoms with E-state index >= 15 is 0 Å². The van der Waals surface area contributed by atoms with Gasteiger partial charge in [0.25, 0.3) is 0 Å². The van der Waals surface area contributed by atoms with Crippen molar-refractivity contribution in [1.82, 2.24) is 9.55 Å². The van der Waals surface area contributed by atoms with Crippen LogP contribution in [0.15, 0.2) is 45.1 Å². The zero-order chi connectivity index (χ0) is 11.5. The molecule has 0 atom stereocenters. The molecule has 5 heteroatoms. The summed E-state index contributed by atoms with van der Waals surface area (Å²) < 4.78 is 2.95. The first kappa shape index (κ1) is 11.7. The Bertz CT molecular complexity index is 498. The number of hydrogen-bond acceptors (Lipinski definition) is 3. The van der Waals surface area contributed by atoms with E-state index in [1.165, 1.54) is 0 Å². The number of rotatable bonds is 3. The molecule has 0 fully saturated rings. The summed E-state index contributed by atoms with van der Waals surface area (Å²) in [6.07, 6.45) is 3.66. The molecule has 0 spiro atoms. The second-order valence-corrected chi connectivity index (χ2v) is 5.26. The highest BCUT2D eigenvalue weighted by atomic mass is 79.9. The quantitative estimate of drug-likeness (QED) is 0.947. The van der Waals surface area contributed by atoms with Crippen LogP contribution in [0.4, 0.5) is 0 Å². The van der Waals surface area contributed by atoms with Crippen LogP contribution in [0.25, 0.3) is 0 Å². The number of aliphatic hydroxyl groups is 1. The van der Waals surface area contributed by atoms with Gasteiger partial charge in [0.05, 0.1) is 6.61 Å². The van der Waals surface area contributed by atoms with Gasteiger partial charge < -0.3 is 9.67 Å². The maximum absolute atomic E-state index is 9.25. The van der Waals surface area contributed by atoms with E-state index < -0.39 is 0 Å². The smallest absolute Gasteiger partial charge is 0.172 e. The first-order valence-electron chi connectivity index (χ1n) is 4.75. The van der Waals surface area contributed by atoms with E-state index in [0.29, 0.717) is 0 Å². The van der Waals surface area contributed by atoms with Crippen LogP contribution in [0.1, 0.15) is 5.56 Å². The Morgan fingerprint density at radius 1 is 1.50 bits per heavy atom. The van der Waals surface area contributed by atoms with Gasteiger partial charge in [-0.25, -0.2) is 4.98 Å². The summed E-state index contributed by atoms with van der Waals surface area (Å²) in [5.74, 6) is 0. The molecule has 84 valence electrons. The largest absolute Gasteiger partial charge is 0.392 e. The van der Waals surface area contributed by atoms with E-state index in [9.17, 15) is 5.11 Å². The lowest BCUT2D eigenvalue weighted by Gasteiger charge is -2.07. The molecule has 0 aliphatic rings. The van der Waals surface area contributed by atoms with Gasteiger partial charge in [0.2, 0.25) is 0 Å². The van der Waals surface area contributed by atoms with E-state index in [4.69, 9.17) is 0 Å². The molecule has 0 bridgehead atoms. The van der Waals surface area contributed by atoms with E-state index in [1.807, 2.05) is 36.0 Å². The predicted octanol–water partition coefficient (Wildman–Crippen LogP) is 2.83. The molecule has 2 aromatic rings. The average molecular weight is 299 g/mol. The minimum Gasteiger partial charge on any atom is -0.392 e. The maximum atomic E-state index is 9.25.